The van der Waals surface area contributed by atoms with Crippen molar-refractivity contribution in [2.24, 2.45) is 4.99 Å². The molecule has 1 atom stereocenters. The number of amides is 1. The number of hydrogen-bond acceptors (Lipinski definition) is 4. The fraction of sp³-hybridized carbons (Fsp3) is 0.583. The fourth-order valence-corrected chi connectivity index (χ4v) is 2.28. The van der Waals surface area contributed by atoms with Crippen LogP contribution in [-0.2, 0) is 4.79 Å². The lowest BCUT2D eigenvalue weighted by molar-refractivity contribution is -0.120. The molecule has 0 spiro atoms. The van der Waals surface area contributed by atoms with Crippen molar-refractivity contribution in [2.75, 3.05) is 0 Å². The summed E-state index contributed by atoms with van der Waals surface area (Å²) in [6.07, 6.45) is 8.25. The van der Waals surface area contributed by atoms with Crippen LogP contribution in [0, 0.1) is 0 Å². The van der Waals surface area contributed by atoms with E-state index in [1.807, 2.05) is 6.33 Å². The quantitative estimate of drug-likeness (QED) is 0.814. The van der Waals surface area contributed by atoms with E-state index >= 15 is 0 Å². The monoisotopic (exact) mass is 245 g/mol. The Balaban J connectivity index is 1.60. The second-order valence-corrected chi connectivity index (χ2v) is 5.25. The Kier molecular flexibility index (Phi) is 2.00. The van der Waals surface area contributed by atoms with Crippen molar-refractivity contribution in [1.29, 1.82) is 0 Å². The summed E-state index contributed by atoms with van der Waals surface area (Å²) in [4.78, 5) is 20.6. The third kappa shape index (κ3) is 1.68. The van der Waals surface area contributed by atoms with Gasteiger partial charge in [-0.3, -0.25) is 10.1 Å². The number of hydrogen-bond donors (Lipinski definition) is 2. The standard InChI is InChI=1S/C12H15N5O/c18-11-10(15-12(16-11)14-7-1-2-7)9-5-13-6-17(9)8-3-4-8/h5-8,10H,1-4H2,(H2,14,15,16,18). The van der Waals surface area contributed by atoms with Gasteiger partial charge in [-0.2, -0.15) is 0 Å². The largest absolute Gasteiger partial charge is 0.353 e. The highest BCUT2D eigenvalue weighted by atomic mass is 16.2. The molecule has 1 unspecified atom stereocenters. The van der Waals surface area contributed by atoms with E-state index in [1.54, 1.807) is 6.20 Å². The molecule has 4 rings (SSSR count). The van der Waals surface area contributed by atoms with E-state index in [0.29, 0.717) is 18.0 Å². The van der Waals surface area contributed by atoms with Crippen LogP contribution >= 0.6 is 0 Å². The summed E-state index contributed by atoms with van der Waals surface area (Å²) >= 11 is 0. The van der Waals surface area contributed by atoms with Crippen molar-refractivity contribution >= 4 is 11.9 Å². The summed E-state index contributed by atoms with van der Waals surface area (Å²) in [6, 6.07) is 0.580. The molecule has 0 aromatic carbocycles. The van der Waals surface area contributed by atoms with Gasteiger partial charge in [0, 0.05) is 12.1 Å². The van der Waals surface area contributed by atoms with Crippen LogP contribution in [0.5, 0.6) is 0 Å². The molecule has 1 aliphatic heterocycles. The molecule has 3 aliphatic rings. The van der Waals surface area contributed by atoms with Gasteiger partial charge in [0.05, 0.1) is 18.2 Å². The third-order valence-electron chi connectivity index (χ3n) is 3.58. The molecule has 0 bridgehead atoms. The molecule has 2 saturated carbocycles. The average molecular weight is 245 g/mol. The van der Waals surface area contributed by atoms with Crippen LogP contribution in [0.1, 0.15) is 43.5 Å². The first kappa shape index (κ1) is 10.1. The van der Waals surface area contributed by atoms with Gasteiger partial charge in [0.2, 0.25) is 0 Å². The third-order valence-corrected chi connectivity index (χ3v) is 3.58. The predicted octanol–water partition coefficient (Wildman–Crippen LogP) is 0.497. The van der Waals surface area contributed by atoms with Crippen LogP contribution in [0.15, 0.2) is 17.5 Å². The molecule has 0 radical (unpaired) electrons. The Morgan fingerprint density at radius 2 is 2.17 bits per heavy atom. The van der Waals surface area contributed by atoms with Crippen LogP contribution in [0.25, 0.3) is 0 Å². The summed E-state index contributed by atoms with van der Waals surface area (Å²) in [6.45, 7) is 0. The van der Waals surface area contributed by atoms with Gasteiger partial charge in [0.25, 0.3) is 5.91 Å². The summed E-state index contributed by atoms with van der Waals surface area (Å²) in [7, 11) is 0. The lowest BCUT2D eigenvalue weighted by atomic mass is 10.2. The highest BCUT2D eigenvalue weighted by molar-refractivity contribution is 6.05. The number of guanidine groups is 1. The number of nitrogens with zero attached hydrogens (tertiary/aromatic N) is 3. The zero-order valence-corrected chi connectivity index (χ0v) is 9.97. The zero-order valence-electron chi connectivity index (χ0n) is 9.97. The van der Waals surface area contributed by atoms with Gasteiger partial charge in [-0.25, -0.2) is 9.98 Å². The van der Waals surface area contributed by atoms with E-state index in [0.717, 1.165) is 5.69 Å². The first-order valence-electron chi connectivity index (χ1n) is 6.48. The van der Waals surface area contributed by atoms with E-state index in [-0.39, 0.29) is 5.91 Å². The van der Waals surface area contributed by atoms with Gasteiger partial charge >= 0.3 is 0 Å². The summed E-state index contributed by atoms with van der Waals surface area (Å²) in [5.74, 6) is 0.566. The van der Waals surface area contributed by atoms with Crippen LogP contribution in [-0.4, -0.2) is 27.5 Å². The maximum absolute atomic E-state index is 12.0. The molecule has 1 aromatic heterocycles. The maximum Gasteiger partial charge on any atom is 0.257 e. The SMILES string of the molecule is O=C1NC(NC2CC2)=NC1c1cncn1C1CC1. The van der Waals surface area contributed by atoms with Gasteiger partial charge < -0.3 is 9.88 Å². The Hall–Kier alpha value is -1.85. The van der Waals surface area contributed by atoms with E-state index in [1.165, 1.54) is 25.7 Å². The zero-order chi connectivity index (χ0) is 12.1. The van der Waals surface area contributed by atoms with E-state index in [9.17, 15) is 4.79 Å². The van der Waals surface area contributed by atoms with Crippen LogP contribution in [0.4, 0.5) is 0 Å². The van der Waals surface area contributed by atoms with E-state index in [2.05, 4.69) is 25.2 Å². The molecule has 1 aromatic rings. The number of aliphatic imine (C=N–C) groups is 1. The van der Waals surface area contributed by atoms with Gasteiger partial charge in [-0.1, -0.05) is 0 Å². The molecule has 2 N–H and O–H groups in total. The van der Waals surface area contributed by atoms with Crippen LogP contribution in [0.3, 0.4) is 0 Å². The molecule has 18 heavy (non-hydrogen) atoms. The normalized spacial score (nSPS) is 27.0. The first-order valence-corrected chi connectivity index (χ1v) is 6.48. The van der Waals surface area contributed by atoms with Crippen molar-refractivity contribution in [3.05, 3.63) is 18.2 Å². The average Bonchev–Trinajstić information content (AvgIpc) is 3.26. The molecular formula is C12H15N5O. The molecular weight excluding hydrogens is 230 g/mol. The number of aromatic nitrogens is 2. The number of rotatable bonds is 3. The lowest BCUT2D eigenvalue weighted by Crippen LogP contribution is -2.37. The number of nitrogens with one attached hydrogen (secondary N) is 2. The predicted molar refractivity (Wildman–Crippen MR) is 65.0 cm³/mol. The minimum absolute atomic E-state index is 0.0550. The Morgan fingerprint density at radius 1 is 1.33 bits per heavy atom. The minimum atomic E-state index is -0.436. The topological polar surface area (TPSA) is 71.3 Å². The molecule has 1 amide bonds. The van der Waals surface area contributed by atoms with Gasteiger partial charge in [0.15, 0.2) is 12.0 Å². The fourth-order valence-electron chi connectivity index (χ4n) is 2.28. The number of imidazole rings is 1. The van der Waals surface area contributed by atoms with Crippen molar-refractivity contribution in [3.63, 3.8) is 0 Å². The van der Waals surface area contributed by atoms with Crippen molar-refractivity contribution in [1.82, 2.24) is 20.2 Å². The maximum atomic E-state index is 12.0. The molecule has 6 heteroatoms. The van der Waals surface area contributed by atoms with Gasteiger partial charge in [0.1, 0.15) is 0 Å². The summed E-state index contributed by atoms with van der Waals surface area (Å²) in [5.41, 5.74) is 0.905. The van der Waals surface area contributed by atoms with E-state index < -0.39 is 6.04 Å². The first-order chi connectivity index (χ1) is 8.81. The Bertz CT molecular complexity index is 526. The minimum Gasteiger partial charge on any atom is -0.353 e. The van der Waals surface area contributed by atoms with Crippen molar-refractivity contribution in [2.45, 2.75) is 43.8 Å². The number of carbonyl (C=O) groups is 1. The van der Waals surface area contributed by atoms with Crippen LogP contribution in [0.2, 0.25) is 0 Å². The second kappa shape index (κ2) is 3.57. The second-order valence-electron chi connectivity index (χ2n) is 5.25. The van der Waals surface area contributed by atoms with Crippen LogP contribution < -0.4 is 10.6 Å². The summed E-state index contributed by atoms with van der Waals surface area (Å²) < 4.78 is 2.09. The lowest BCUT2D eigenvalue weighted by Gasteiger charge is -2.08. The summed E-state index contributed by atoms with van der Waals surface area (Å²) in [5, 5.41) is 6.04. The highest BCUT2D eigenvalue weighted by Crippen LogP contribution is 2.37. The smallest absolute Gasteiger partial charge is 0.257 e. The Morgan fingerprint density at radius 3 is 2.89 bits per heavy atom. The molecule has 0 saturated heterocycles. The molecule has 2 aliphatic carbocycles. The van der Waals surface area contributed by atoms with Crippen molar-refractivity contribution < 1.29 is 4.79 Å². The van der Waals surface area contributed by atoms with Crippen molar-refractivity contribution in [3.8, 4) is 0 Å². The van der Waals surface area contributed by atoms with E-state index in [4.69, 9.17) is 0 Å². The molecule has 2 heterocycles. The number of carbonyl (C=O) groups excluding carboxylic acids is 1. The molecule has 94 valence electrons. The van der Waals surface area contributed by atoms with Gasteiger partial charge in [-0.05, 0) is 25.7 Å². The van der Waals surface area contributed by atoms with Gasteiger partial charge in [-0.15, -0.1) is 0 Å². The highest BCUT2D eigenvalue weighted by Gasteiger charge is 2.35. The Labute approximate surface area is 104 Å². The molecule has 2 fully saturated rings. The molecule has 6 nitrogen and oxygen atoms in total.